The fourth-order valence-corrected chi connectivity index (χ4v) is 2.71. The van der Waals surface area contributed by atoms with E-state index in [1.54, 1.807) is 18.3 Å². The Hall–Kier alpha value is -3.01. The highest BCUT2D eigenvalue weighted by Gasteiger charge is 2.14. The van der Waals surface area contributed by atoms with E-state index in [4.69, 9.17) is 5.10 Å². The first kappa shape index (κ1) is 13.6. The van der Waals surface area contributed by atoms with Gasteiger partial charge in [0.15, 0.2) is 5.65 Å². The molecule has 0 bridgehead atoms. The summed E-state index contributed by atoms with van der Waals surface area (Å²) in [5, 5.41) is 5.68. The van der Waals surface area contributed by atoms with Gasteiger partial charge in [-0.15, -0.1) is 0 Å². The average molecular weight is 303 g/mol. The van der Waals surface area contributed by atoms with Crippen LogP contribution < -0.4 is 0 Å². The minimum atomic E-state index is -0.255. The largest absolute Gasteiger partial charge is 0.237 e. The Balaban J connectivity index is 1.98. The summed E-state index contributed by atoms with van der Waals surface area (Å²) in [5.41, 5.74) is 4.58. The van der Waals surface area contributed by atoms with Crippen LogP contribution in [0.15, 0.2) is 66.9 Å². The minimum absolute atomic E-state index is 0.255. The molecule has 0 saturated carbocycles. The van der Waals surface area contributed by atoms with E-state index >= 15 is 0 Å². The van der Waals surface area contributed by atoms with Crippen molar-refractivity contribution >= 4 is 11.0 Å². The molecular weight excluding hydrogens is 289 g/mol. The number of aromatic nitrogens is 3. The summed E-state index contributed by atoms with van der Waals surface area (Å²) in [6.45, 7) is 2.05. The monoisotopic (exact) mass is 303 g/mol. The number of benzene rings is 2. The molecule has 2 aromatic heterocycles. The van der Waals surface area contributed by atoms with Crippen molar-refractivity contribution in [3.63, 3.8) is 0 Å². The van der Waals surface area contributed by atoms with E-state index in [9.17, 15) is 4.39 Å². The Labute approximate surface area is 133 Å². The summed E-state index contributed by atoms with van der Waals surface area (Å²) in [6.07, 6.45) is 1.75. The van der Waals surface area contributed by atoms with Gasteiger partial charge in [0.25, 0.3) is 0 Å². The molecule has 4 heteroatoms. The van der Waals surface area contributed by atoms with Crippen LogP contribution in [-0.2, 0) is 0 Å². The summed E-state index contributed by atoms with van der Waals surface area (Å²) >= 11 is 0. The van der Waals surface area contributed by atoms with Crippen LogP contribution in [0.5, 0.6) is 0 Å². The van der Waals surface area contributed by atoms with Gasteiger partial charge in [0.1, 0.15) is 11.5 Å². The number of pyridine rings is 1. The zero-order valence-electron chi connectivity index (χ0n) is 12.6. The first-order chi connectivity index (χ1) is 11.2. The third-order valence-corrected chi connectivity index (χ3v) is 3.81. The Morgan fingerprint density at radius 2 is 1.78 bits per heavy atom. The van der Waals surface area contributed by atoms with E-state index in [2.05, 4.69) is 11.1 Å². The van der Waals surface area contributed by atoms with Crippen molar-refractivity contribution in [1.29, 1.82) is 0 Å². The number of halogens is 1. The van der Waals surface area contributed by atoms with Gasteiger partial charge in [0, 0.05) is 17.1 Å². The van der Waals surface area contributed by atoms with Gasteiger partial charge in [-0.05, 0) is 61.0 Å². The first-order valence-electron chi connectivity index (χ1n) is 7.39. The van der Waals surface area contributed by atoms with E-state index in [1.165, 1.54) is 12.1 Å². The van der Waals surface area contributed by atoms with Crippen LogP contribution in [0.2, 0.25) is 0 Å². The van der Waals surface area contributed by atoms with Crippen LogP contribution in [0.25, 0.3) is 28.0 Å². The van der Waals surface area contributed by atoms with Gasteiger partial charge >= 0.3 is 0 Å². The minimum Gasteiger partial charge on any atom is -0.237 e. The molecule has 3 nitrogen and oxygen atoms in total. The van der Waals surface area contributed by atoms with E-state index in [0.717, 1.165) is 33.5 Å². The maximum Gasteiger partial charge on any atom is 0.163 e. The van der Waals surface area contributed by atoms with E-state index in [1.807, 2.05) is 41.9 Å². The lowest BCUT2D eigenvalue weighted by atomic mass is 10.1. The highest BCUT2D eigenvalue weighted by atomic mass is 19.1. The summed E-state index contributed by atoms with van der Waals surface area (Å²) in [4.78, 5) is 4.48. The number of hydrogen-bond acceptors (Lipinski definition) is 2. The molecule has 0 aliphatic rings. The maximum absolute atomic E-state index is 13.2. The second-order valence-electron chi connectivity index (χ2n) is 5.48. The van der Waals surface area contributed by atoms with E-state index in [0.29, 0.717) is 0 Å². The van der Waals surface area contributed by atoms with Crippen LogP contribution in [0.4, 0.5) is 4.39 Å². The smallest absolute Gasteiger partial charge is 0.163 e. The second kappa shape index (κ2) is 5.32. The predicted octanol–water partition coefficient (Wildman–Crippen LogP) is 4.54. The van der Waals surface area contributed by atoms with Crippen LogP contribution in [-0.4, -0.2) is 14.8 Å². The summed E-state index contributed by atoms with van der Waals surface area (Å²) < 4.78 is 15.0. The molecule has 0 fully saturated rings. The van der Waals surface area contributed by atoms with Crippen LogP contribution in [0.1, 0.15) is 5.56 Å². The molecule has 0 radical (unpaired) electrons. The van der Waals surface area contributed by atoms with Crippen molar-refractivity contribution in [3.05, 3.63) is 78.2 Å². The number of aryl methyl sites for hydroxylation is 1. The average Bonchev–Trinajstić information content (AvgIpc) is 2.95. The molecule has 23 heavy (non-hydrogen) atoms. The quantitative estimate of drug-likeness (QED) is 0.544. The normalized spacial score (nSPS) is 11.0. The van der Waals surface area contributed by atoms with Gasteiger partial charge in [0.2, 0.25) is 0 Å². The molecule has 2 heterocycles. The molecule has 0 aliphatic heterocycles. The van der Waals surface area contributed by atoms with Crippen molar-refractivity contribution in [2.75, 3.05) is 0 Å². The van der Waals surface area contributed by atoms with Crippen molar-refractivity contribution < 1.29 is 4.39 Å². The molecule has 112 valence electrons. The molecule has 0 saturated heterocycles. The first-order valence-corrected chi connectivity index (χ1v) is 7.39. The molecule has 0 amide bonds. The lowest BCUT2D eigenvalue weighted by Crippen LogP contribution is -1.97. The Morgan fingerprint density at radius 1 is 0.957 bits per heavy atom. The fourth-order valence-electron chi connectivity index (χ4n) is 2.71. The van der Waals surface area contributed by atoms with Crippen LogP contribution >= 0.6 is 0 Å². The molecular formula is C19H14FN3. The molecule has 2 aromatic carbocycles. The summed E-state index contributed by atoms with van der Waals surface area (Å²) in [7, 11) is 0. The highest BCUT2D eigenvalue weighted by molar-refractivity contribution is 5.91. The SMILES string of the molecule is Cc1cccc(-n2nc(-c3ccc(F)cc3)c3cccnc32)c1. The lowest BCUT2D eigenvalue weighted by molar-refractivity contribution is 0.628. The van der Waals surface area contributed by atoms with Crippen molar-refractivity contribution in [2.24, 2.45) is 0 Å². The lowest BCUT2D eigenvalue weighted by Gasteiger charge is -2.03. The summed E-state index contributed by atoms with van der Waals surface area (Å²) in [6, 6.07) is 18.4. The molecule has 0 spiro atoms. The van der Waals surface area contributed by atoms with Crippen LogP contribution in [0.3, 0.4) is 0 Å². The Kier molecular flexibility index (Phi) is 3.15. The number of fused-ring (bicyclic) bond motifs is 1. The van der Waals surface area contributed by atoms with Gasteiger partial charge in [-0.3, -0.25) is 0 Å². The zero-order valence-corrected chi connectivity index (χ0v) is 12.6. The van der Waals surface area contributed by atoms with Crippen molar-refractivity contribution in [3.8, 4) is 16.9 Å². The number of nitrogens with zero attached hydrogens (tertiary/aromatic N) is 3. The van der Waals surface area contributed by atoms with Gasteiger partial charge in [-0.25, -0.2) is 14.1 Å². The Morgan fingerprint density at radius 3 is 2.57 bits per heavy atom. The highest BCUT2D eigenvalue weighted by Crippen LogP contribution is 2.28. The maximum atomic E-state index is 13.2. The topological polar surface area (TPSA) is 30.7 Å². The third-order valence-electron chi connectivity index (χ3n) is 3.81. The number of hydrogen-bond donors (Lipinski definition) is 0. The standard InChI is InChI=1S/C19H14FN3/c1-13-4-2-5-16(12-13)23-19-17(6-3-11-21-19)18(22-23)14-7-9-15(20)10-8-14/h2-12H,1H3. The van der Waals surface area contributed by atoms with E-state index < -0.39 is 0 Å². The Bertz CT molecular complexity index is 987. The van der Waals surface area contributed by atoms with Gasteiger partial charge in [0.05, 0.1) is 5.69 Å². The molecule has 4 rings (SSSR count). The molecule has 0 aliphatic carbocycles. The fraction of sp³-hybridized carbons (Fsp3) is 0.0526. The molecule has 4 aromatic rings. The van der Waals surface area contributed by atoms with Gasteiger partial charge < -0.3 is 0 Å². The van der Waals surface area contributed by atoms with Gasteiger partial charge in [-0.2, -0.15) is 5.10 Å². The molecule has 0 N–H and O–H groups in total. The third kappa shape index (κ3) is 2.38. The van der Waals surface area contributed by atoms with Crippen LogP contribution in [0, 0.1) is 12.7 Å². The second-order valence-corrected chi connectivity index (χ2v) is 5.48. The molecule has 0 atom stereocenters. The zero-order chi connectivity index (χ0) is 15.8. The van der Waals surface area contributed by atoms with Crippen molar-refractivity contribution in [1.82, 2.24) is 14.8 Å². The van der Waals surface area contributed by atoms with Crippen molar-refractivity contribution in [2.45, 2.75) is 6.92 Å². The summed E-state index contributed by atoms with van der Waals surface area (Å²) in [5.74, 6) is -0.255. The molecule has 0 unspecified atom stereocenters. The van der Waals surface area contributed by atoms with Gasteiger partial charge in [-0.1, -0.05) is 12.1 Å². The number of rotatable bonds is 2. The van der Waals surface area contributed by atoms with E-state index in [-0.39, 0.29) is 5.82 Å². The predicted molar refractivity (Wildman–Crippen MR) is 89.0 cm³/mol.